The highest BCUT2D eigenvalue weighted by Crippen LogP contribution is 2.26. The summed E-state index contributed by atoms with van der Waals surface area (Å²) in [6.07, 6.45) is -0.350. The van der Waals surface area contributed by atoms with E-state index in [0.29, 0.717) is 43.0 Å². The van der Waals surface area contributed by atoms with Crippen molar-refractivity contribution in [3.63, 3.8) is 0 Å². The van der Waals surface area contributed by atoms with Gasteiger partial charge in [0.15, 0.2) is 5.58 Å². The topological polar surface area (TPSA) is 78.8 Å². The molecule has 25 heavy (non-hydrogen) atoms. The second kappa shape index (κ2) is 6.35. The number of oxazole rings is 1. The van der Waals surface area contributed by atoms with Crippen LogP contribution in [0.15, 0.2) is 57.7 Å². The number of nitrogens with one attached hydrogen (secondary N) is 1. The standard InChI is InChI=1S/C18H17N3O4/c22-17-19-14-7-4-8-15(16(14)25-17)20-9-11-21(12-10-20)18(23)24-13-5-2-1-3-6-13/h1-8H,9-12H2,(H,19,22). The quantitative estimate of drug-likeness (QED) is 0.776. The Bertz CT molecular complexity index is 940. The van der Waals surface area contributed by atoms with E-state index in [9.17, 15) is 9.59 Å². The number of piperazine rings is 1. The van der Waals surface area contributed by atoms with Crippen LogP contribution in [0.2, 0.25) is 0 Å². The van der Waals surface area contributed by atoms with Gasteiger partial charge in [-0.1, -0.05) is 24.3 Å². The summed E-state index contributed by atoms with van der Waals surface area (Å²) in [5, 5.41) is 0. The molecule has 1 N–H and O–H groups in total. The summed E-state index contributed by atoms with van der Waals surface area (Å²) >= 11 is 0. The number of carbonyl (C=O) groups is 1. The molecule has 4 rings (SSSR count). The summed E-state index contributed by atoms with van der Waals surface area (Å²) in [6.45, 7) is 2.35. The summed E-state index contributed by atoms with van der Waals surface area (Å²) < 4.78 is 10.6. The van der Waals surface area contributed by atoms with E-state index in [2.05, 4.69) is 9.88 Å². The fraction of sp³-hybridized carbons (Fsp3) is 0.222. The Morgan fingerprint density at radius 2 is 1.76 bits per heavy atom. The normalized spacial score (nSPS) is 14.7. The highest BCUT2D eigenvalue weighted by molar-refractivity contribution is 5.86. The number of benzene rings is 2. The largest absolute Gasteiger partial charge is 0.417 e. The molecule has 0 radical (unpaired) electrons. The number of fused-ring (bicyclic) bond motifs is 1. The second-order valence-electron chi connectivity index (χ2n) is 5.82. The van der Waals surface area contributed by atoms with Crippen molar-refractivity contribution in [3.8, 4) is 5.75 Å². The molecular formula is C18H17N3O4. The van der Waals surface area contributed by atoms with Gasteiger partial charge in [-0.3, -0.25) is 4.98 Å². The van der Waals surface area contributed by atoms with Crippen molar-refractivity contribution < 1.29 is 13.9 Å². The molecule has 1 saturated heterocycles. The van der Waals surface area contributed by atoms with Crippen LogP contribution < -0.4 is 15.4 Å². The predicted molar refractivity (Wildman–Crippen MR) is 93.1 cm³/mol. The maximum atomic E-state index is 12.2. The molecule has 2 aromatic carbocycles. The van der Waals surface area contributed by atoms with E-state index >= 15 is 0 Å². The molecule has 7 nitrogen and oxygen atoms in total. The summed E-state index contributed by atoms with van der Waals surface area (Å²) in [4.78, 5) is 30.1. The number of aromatic nitrogens is 1. The van der Waals surface area contributed by atoms with Gasteiger partial charge in [-0.2, -0.15) is 0 Å². The van der Waals surface area contributed by atoms with Crippen LogP contribution in [0, 0.1) is 0 Å². The van der Waals surface area contributed by atoms with E-state index in [-0.39, 0.29) is 6.09 Å². The Balaban J connectivity index is 1.44. The summed E-state index contributed by atoms with van der Waals surface area (Å²) in [7, 11) is 0. The minimum absolute atomic E-state index is 0.350. The van der Waals surface area contributed by atoms with Gasteiger partial charge in [0.25, 0.3) is 0 Å². The maximum Gasteiger partial charge on any atom is 0.417 e. The van der Waals surface area contributed by atoms with Crippen LogP contribution in [-0.4, -0.2) is 42.2 Å². The predicted octanol–water partition coefficient (Wildman–Crippen LogP) is 2.44. The number of aromatic amines is 1. The van der Waals surface area contributed by atoms with Gasteiger partial charge in [-0.15, -0.1) is 0 Å². The number of carbonyl (C=O) groups excluding carboxylic acids is 1. The van der Waals surface area contributed by atoms with Gasteiger partial charge in [0.1, 0.15) is 5.75 Å². The zero-order valence-corrected chi connectivity index (χ0v) is 13.5. The molecule has 0 atom stereocenters. The first-order valence-corrected chi connectivity index (χ1v) is 8.09. The number of hydrogen-bond donors (Lipinski definition) is 1. The molecule has 1 amide bonds. The lowest BCUT2D eigenvalue weighted by atomic mass is 10.2. The summed E-state index contributed by atoms with van der Waals surface area (Å²) in [5.41, 5.74) is 2.08. The zero-order chi connectivity index (χ0) is 17.2. The van der Waals surface area contributed by atoms with Crippen LogP contribution >= 0.6 is 0 Å². The van der Waals surface area contributed by atoms with Crippen molar-refractivity contribution in [2.75, 3.05) is 31.1 Å². The van der Waals surface area contributed by atoms with Crippen LogP contribution in [0.1, 0.15) is 0 Å². The van der Waals surface area contributed by atoms with Crippen molar-refractivity contribution in [2.24, 2.45) is 0 Å². The molecule has 1 aliphatic rings. The SMILES string of the molecule is O=C(Oc1ccccc1)N1CCN(c2cccc3[nH]c(=O)oc23)CC1. The van der Waals surface area contributed by atoms with Crippen molar-refractivity contribution in [1.29, 1.82) is 0 Å². The second-order valence-corrected chi connectivity index (χ2v) is 5.82. The minimum Gasteiger partial charge on any atom is -0.410 e. The number of H-pyrrole nitrogens is 1. The van der Waals surface area contributed by atoms with Crippen LogP contribution in [0.4, 0.5) is 10.5 Å². The van der Waals surface area contributed by atoms with Crippen LogP contribution in [0.3, 0.4) is 0 Å². The number of hydrogen-bond acceptors (Lipinski definition) is 5. The van der Waals surface area contributed by atoms with Gasteiger partial charge in [0, 0.05) is 26.2 Å². The molecule has 0 unspecified atom stereocenters. The van der Waals surface area contributed by atoms with Crippen molar-refractivity contribution >= 4 is 22.9 Å². The number of ether oxygens (including phenoxy) is 1. The number of amides is 1. The molecule has 1 aliphatic heterocycles. The lowest BCUT2D eigenvalue weighted by molar-refractivity contribution is 0.149. The number of anilines is 1. The molecule has 0 spiro atoms. The number of rotatable bonds is 2. The van der Waals surface area contributed by atoms with Crippen molar-refractivity contribution in [2.45, 2.75) is 0 Å². The average molecular weight is 339 g/mol. The minimum atomic E-state index is -0.465. The summed E-state index contributed by atoms with van der Waals surface area (Å²) in [6, 6.07) is 14.6. The van der Waals surface area contributed by atoms with E-state index in [1.807, 2.05) is 30.3 Å². The molecule has 128 valence electrons. The van der Waals surface area contributed by atoms with Crippen LogP contribution in [0.5, 0.6) is 5.75 Å². The van der Waals surface area contributed by atoms with Gasteiger partial charge in [0.05, 0.1) is 11.2 Å². The molecule has 0 bridgehead atoms. The fourth-order valence-corrected chi connectivity index (χ4v) is 2.99. The Morgan fingerprint density at radius 1 is 1.00 bits per heavy atom. The Morgan fingerprint density at radius 3 is 2.52 bits per heavy atom. The molecular weight excluding hydrogens is 322 g/mol. The third kappa shape index (κ3) is 3.08. The highest BCUT2D eigenvalue weighted by Gasteiger charge is 2.24. The van der Waals surface area contributed by atoms with E-state index < -0.39 is 5.76 Å². The first-order valence-electron chi connectivity index (χ1n) is 8.09. The van der Waals surface area contributed by atoms with Crippen molar-refractivity contribution in [1.82, 2.24) is 9.88 Å². The van der Waals surface area contributed by atoms with Crippen LogP contribution in [-0.2, 0) is 0 Å². The monoisotopic (exact) mass is 339 g/mol. The van der Waals surface area contributed by atoms with E-state index in [0.717, 1.165) is 5.69 Å². The van der Waals surface area contributed by atoms with Gasteiger partial charge in [-0.05, 0) is 24.3 Å². The van der Waals surface area contributed by atoms with Gasteiger partial charge in [-0.25, -0.2) is 9.59 Å². The Labute approximate surface area is 143 Å². The third-order valence-electron chi connectivity index (χ3n) is 4.25. The lowest BCUT2D eigenvalue weighted by Gasteiger charge is -2.35. The van der Waals surface area contributed by atoms with Gasteiger partial charge >= 0.3 is 11.8 Å². The van der Waals surface area contributed by atoms with E-state index in [1.165, 1.54) is 0 Å². The maximum absolute atomic E-state index is 12.2. The molecule has 3 aromatic rings. The zero-order valence-electron chi connectivity index (χ0n) is 13.5. The molecule has 2 heterocycles. The first kappa shape index (κ1) is 15.3. The van der Waals surface area contributed by atoms with Gasteiger partial charge < -0.3 is 19.0 Å². The molecule has 1 aromatic heterocycles. The molecule has 1 fully saturated rings. The lowest BCUT2D eigenvalue weighted by Crippen LogP contribution is -2.49. The Kier molecular flexibility index (Phi) is 3.89. The smallest absolute Gasteiger partial charge is 0.410 e. The molecule has 0 aliphatic carbocycles. The number of para-hydroxylation sites is 2. The average Bonchev–Trinajstić information content (AvgIpc) is 3.03. The summed E-state index contributed by atoms with van der Waals surface area (Å²) in [5.74, 6) is 0.0707. The highest BCUT2D eigenvalue weighted by atomic mass is 16.6. The molecule has 7 heteroatoms. The van der Waals surface area contributed by atoms with Crippen LogP contribution in [0.25, 0.3) is 11.1 Å². The number of nitrogens with zero attached hydrogens (tertiary/aromatic N) is 2. The van der Waals surface area contributed by atoms with E-state index in [1.54, 1.807) is 23.1 Å². The molecule has 0 saturated carbocycles. The van der Waals surface area contributed by atoms with Gasteiger partial charge in [0.2, 0.25) is 0 Å². The van der Waals surface area contributed by atoms with Crippen molar-refractivity contribution in [3.05, 3.63) is 59.1 Å². The first-order chi connectivity index (χ1) is 12.2. The fourth-order valence-electron chi connectivity index (χ4n) is 2.99. The Hall–Kier alpha value is -3.22. The van der Waals surface area contributed by atoms with E-state index in [4.69, 9.17) is 9.15 Å². The third-order valence-corrected chi connectivity index (χ3v) is 4.25.